The number of nitro groups is 1. The molecule has 5 aromatic rings. The number of hydrogen-bond donors (Lipinski definition) is 0. The fraction of sp³-hybridized carbons (Fsp3) is 0.103. The van der Waals surface area contributed by atoms with Gasteiger partial charge in [0.25, 0.3) is 5.69 Å². The third-order valence-corrected chi connectivity index (χ3v) is 9.90. The molecule has 1 saturated carbocycles. The Morgan fingerprint density at radius 2 is 0.891 bits per heavy atom. The van der Waals surface area contributed by atoms with Gasteiger partial charge in [-0.1, -0.05) is 121 Å². The number of Topliss-reactive ketones (excluding diaryl/α,β-unsaturated/α-hetero) is 1. The van der Waals surface area contributed by atoms with Crippen molar-refractivity contribution in [3.63, 3.8) is 0 Å². The molecule has 1 saturated heterocycles. The molecule has 8 rings (SSSR count). The predicted octanol–water partition coefficient (Wildman–Crippen LogP) is 6.78. The molecule has 2 bridgehead atoms. The van der Waals surface area contributed by atoms with Crippen molar-refractivity contribution in [3.8, 4) is 0 Å². The van der Waals surface area contributed by atoms with Crippen LogP contribution in [0.1, 0.15) is 22.3 Å². The molecule has 222 valence electrons. The Balaban J connectivity index is 1.52. The van der Waals surface area contributed by atoms with Crippen molar-refractivity contribution >= 4 is 40.1 Å². The molecule has 2 aliphatic carbocycles. The molecular weight excluding hydrogens is 576 g/mol. The third-order valence-electron chi connectivity index (χ3n) is 9.90. The molecule has 0 spiro atoms. The minimum Gasteiger partial charge on any atom is -0.297 e. The molecule has 0 unspecified atom stereocenters. The van der Waals surface area contributed by atoms with Crippen molar-refractivity contribution in [2.75, 3.05) is 4.90 Å². The first-order chi connectivity index (χ1) is 22.4. The van der Waals surface area contributed by atoms with Crippen LogP contribution in [-0.2, 0) is 25.2 Å². The van der Waals surface area contributed by atoms with E-state index < -0.39 is 39.4 Å². The molecule has 7 nitrogen and oxygen atoms in total. The van der Waals surface area contributed by atoms with Crippen molar-refractivity contribution < 1.29 is 19.3 Å². The average molecular weight is 603 g/mol. The summed E-state index contributed by atoms with van der Waals surface area (Å²) in [4.78, 5) is 57.7. The van der Waals surface area contributed by atoms with Crippen LogP contribution in [0.25, 0.3) is 11.1 Å². The number of anilines is 1. The molecule has 1 aliphatic heterocycles. The number of nitrogens with zero attached hydrogens (tertiary/aromatic N) is 2. The SMILES string of the molecule is O=C1[C@@H]2[C@H](C(=O)N1c1ccc([N+](=O)[O-])cc1)[C@]1(c3ccccc3)C(=O)[C@]2(c2ccccc2)C(c2ccccc2)=C1c1ccccc1. The number of non-ortho nitro benzene ring substituents is 1. The second kappa shape index (κ2) is 10.0. The van der Waals surface area contributed by atoms with E-state index in [1.54, 1.807) is 0 Å². The van der Waals surface area contributed by atoms with Crippen LogP contribution >= 0.6 is 0 Å². The summed E-state index contributed by atoms with van der Waals surface area (Å²) >= 11 is 0. The second-order valence-corrected chi connectivity index (χ2v) is 11.9. The molecule has 7 heteroatoms. The Kier molecular flexibility index (Phi) is 6.02. The topological polar surface area (TPSA) is 97.6 Å². The Hall–Kier alpha value is -5.95. The van der Waals surface area contributed by atoms with Gasteiger partial charge >= 0.3 is 0 Å². The summed E-state index contributed by atoms with van der Waals surface area (Å²) in [6, 6.07) is 43.4. The summed E-state index contributed by atoms with van der Waals surface area (Å²) in [6.07, 6.45) is 0. The summed E-state index contributed by atoms with van der Waals surface area (Å²) in [7, 11) is 0. The minimum absolute atomic E-state index is 0.154. The zero-order chi connectivity index (χ0) is 31.6. The molecule has 3 aliphatic rings. The lowest BCUT2D eigenvalue weighted by Gasteiger charge is -2.39. The molecule has 2 amide bonds. The Bertz CT molecular complexity index is 1960. The van der Waals surface area contributed by atoms with Gasteiger partial charge in [-0.05, 0) is 45.5 Å². The third kappa shape index (κ3) is 3.39. The van der Waals surface area contributed by atoms with Gasteiger partial charge in [-0.3, -0.25) is 24.5 Å². The zero-order valence-electron chi connectivity index (χ0n) is 24.4. The van der Waals surface area contributed by atoms with Crippen LogP contribution in [0.2, 0.25) is 0 Å². The van der Waals surface area contributed by atoms with E-state index in [2.05, 4.69) is 0 Å². The van der Waals surface area contributed by atoms with Crippen LogP contribution in [0.15, 0.2) is 146 Å². The average Bonchev–Trinajstić information content (AvgIpc) is 3.62. The largest absolute Gasteiger partial charge is 0.297 e. The predicted molar refractivity (Wildman–Crippen MR) is 174 cm³/mol. The molecule has 0 radical (unpaired) electrons. The van der Waals surface area contributed by atoms with E-state index >= 15 is 4.79 Å². The van der Waals surface area contributed by atoms with Gasteiger partial charge in [0.1, 0.15) is 0 Å². The molecule has 2 fully saturated rings. The normalized spacial score (nSPS) is 24.9. The van der Waals surface area contributed by atoms with Gasteiger partial charge in [0.2, 0.25) is 11.8 Å². The van der Waals surface area contributed by atoms with Gasteiger partial charge in [0, 0.05) is 12.1 Å². The molecule has 0 aromatic heterocycles. The van der Waals surface area contributed by atoms with Crippen LogP contribution in [0.3, 0.4) is 0 Å². The number of hydrogen-bond acceptors (Lipinski definition) is 5. The highest BCUT2D eigenvalue weighted by Crippen LogP contribution is 2.74. The number of ketones is 1. The number of allylic oxidation sites excluding steroid dienone is 2. The fourth-order valence-corrected chi connectivity index (χ4v) is 8.31. The number of carbonyl (C=O) groups excluding carboxylic acids is 3. The van der Waals surface area contributed by atoms with E-state index in [9.17, 15) is 19.7 Å². The van der Waals surface area contributed by atoms with Gasteiger partial charge in [-0.25, -0.2) is 4.90 Å². The van der Waals surface area contributed by atoms with Gasteiger partial charge < -0.3 is 0 Å². The standard InChI is InChI=1S/C39H26N2O5/c42-35-33-34(36(43)40(35)29-21-23-30(24-22-29)41(45)46)39(28-19-11-4-12-20-28)32(26-15-7-2-8-16-26)31(25-13-5-1-6-14-25)38(33,37(39)44)27-17-9-3-10-18-27/h1-24,33-34H/t33-,34+,38-,39-/m1/s1. The number of imide groups is 1. The number of amides is 2. The lowest BCUT2D eigenvalue weighted by Crippen LogP contribution is -2.45. The summed E-state index contributed by atoms with van der Waals surface area (Å²) in [5.41, 5.74) is 1.38. The highest BCUT2D eigenvalue weighted by atomic mass is 16.6. The van der Waals surface area contributed by atoms with Gasteiger partial charge in [-0.2, -0.15) is 0 Å². The monoisotopic (exact) mass is 602 g/mol. The highest BCUT2D eigenvalue weighted by molar-refractivity contribution is 6.39. The molecule has 5 aromatic carbocycles. The number of benzene rings is 5. The lowest BCUT2D eigenvalue weighted by atomic mass is 9.59. The van der Waals surface area contributed by atoms with E-state index in [4.69, 9.17) is 0 Å². The van der Waals surface area contributed by atoms with Gasteiger partial charge in [0.15, 0.2) is 5.78 Å². The zero-order valence-corrected chi connectivity index (χ0v) is 24.4. The number of nitro benzene ring substituents is 1. The molecular formula is C39H26N2O5. The van der Waals surface area contributed by atoms with Gasteiger partial charge in [-0.15, -0.1) is 0 Å². The second-order valence-electron chi connectivity index (χ2n) is 11.9. The molecule has 4 atom stereocenters. The van der Waals surface area contributed by atoms with E-state index in [1.807, 2.05) is 121 Å². The first-order valence-electron chi connectivity index (χ1n) is 15.1. The lowest BCUT2D eigenvalue weighted by molar-refractivity contribution is -0.384. The van der Waals surface area contributed by atoms with E-state index in [-0.39, 0.29) is 17.2 Å². The molecule has 1 heterocycles. The van der Waals surface area contributed by atoms with Crippen LogP contribution in [0, 0.1) is 22.0 Å². The van der Waals surface area contributed by atoms with Crippen molar-refractivity contribution in [1.82, 2.24) is 0 Å². The van der Waals surface area contributed by atoms with Crippen LogP contribution in [0.5, 0.6) is 0 Å². The van der Waals surface area contributed by atoms with Crippen LogP contribution in [0.4, 0.5) is 11.4 Å². The van der Waals surface area contributed by atoms with E-state index in [0.29, 0.717) is 22.3 Å². The van der Waals surface area contributed by atoms with Gasteiger partial charge in [0.05, 0.1) is 33.3 Å². The molecule has 46 heavy (non-hydrogen) atoms. The Morgan fingerprint density at radius 1 is 0.522 bits per heavy atom. The summed E-state index contributed by atoms with van der Waals surface area (Å²) in [5.74, 6) is -3.32. The van der Waals surface area contributed by atoms with Crippen molar-refractivity contribution in [2.45, 2.75) is 10.8 Å². The first kappa shape index (κ1) is 27.6. The maximum atomic E-state index is 15.8. The number of carbonyl (C=O) groups is 3. The maximum Gasteiger partial charge on any atom is 0.269 e. The van der Waals surface area contributed by atoms with Crippen molar-refractivity contribution in [2.24, 2.45) is 11.8 Å². The minimum atomic E-state index is -1.50. The smallest absolute Gasteiger partial charge is 0.269 e. The van der Waals surface area contributed by atoms with Crippen LogP contribution in [-0.4, -0.2) is 22.5 Å². The van der Waals surface area contributed by atoms with Crippen LogP contribution < -0.4 is 4.90 Å². The fourth-order valence-electron chi connectivity index (χ4n) is 8.31. The molecule has 0 N–H and O–H groups in total. The van der Waals surface area contributed by atoms with E-state index in [0.717, 1.165) is 16.0 Å². The highest BCUT2D eigenvalue weighted by Gasteiger charge is 2.82. The summed E-state index contributed by atoms with van der Waals surface area (Å²) < 4.78 is 0. The van der Waals surface area contributed by atoms with Crippen molar-refractivity contribution in [3.05, 3.63) is 178 Å². The number of fused-ring (bicyclic) bond motifs is 5. The Labute approximate surface area is 264 Å². The Morgan fingerprint density at radius 3 is 1.26 bits per heavy atom. The van der Waals surface area contributed by atoms with E-state index in [1.165, 1.54) is 24.3 Å². The first-order valence-corrected chi connectivity index (χ1v) is 15.1. The quantitative estimate of drug-likeness (QED) is 0.121. The summed E-state index contributed by atoms with van der Waals surface area (Å²) in [6.45, 7) is 0. The summed E-state index contributed by atoms with van der Waals surface area (Å²) in [5, 5.41) is 11.4. The maximum absolute atomic E-state index is 15.8. The van der Waals surface area contributed by atoms with Crippen molar-refractivity contribution in [1.29, 1.82) is 0 Å². The number of rotatable bonds is 6.